The summed E-state index contributed by atoms with van der Waals surface area (Å²) in [5, 5.41) is 25.6. The second-order valence-electron chi connectivity index (χ2n) is 4.04. The van der Waals surface area contributed by atoms with Crippen LogP contribution in [0.5, 0.6) is 5.75 Å². The Labute approximate surface area is 124 Å². The number of nitrogens with one attached hydrogen (secondary N) is 2. The molecule has 0 saturated heterocycles. The number of nitro groups is 1. The first kappa shape index (κ1) is 14.6. The van der Waals surface area contributed by atoms with Crippen molar-refractivity contribution in [2.75, 3.05) is 10.6 Å². The molecule has 3 N–H and O–H groups in total. The number of halogens is 1. The van der Waals surface area contributed by atoms with Gasteiger partial charge in [-0.1, -0.05) is 11.6 Å². The Morgan fingerprint density at radius 3 is 2.43 bits per heavy atom. The van der Waals surface area contributed by atoms with E-state index < -0.39 is 11.0 Å². The van der Waals surface area contributed by atoms with E-state index in [1.807, 2.05) is 0 Å². The van der Waals surface area contributed by atoms with E-state index in [0.29, 0.717) is 10.7 Å². The van der Waals surface area contributed by atoms with Crippen molar-refractivity contribution < 1.29 is 14.8 Å². The van der Waals surface area contributed by atoms with Gasteiger partial charge in [0.25, 0.3) is 5.69 Å². The average molecular weight is 308 g/mol. The van der Waals surface area contributed by atoms with Gasteiger partial charge < -0.3 is 15.7 Å². The van der Waals surface area contributed by atoms with Gasteiger partial charge in [0, 0.05) is 22.8 Å². The fraction of sp³-hybridized carbons (Fsp3) is 0. The lowest BCUT2D eigenvalue weighted by molar-refractivity contribution is -0.384. The second-order valence-corrected chi connectivity index (χ2v) is 4.48. The number of nitrogens with zero attached hydrogens (tertiary/aromatic N) is 1. The molecule has 7 nitrogen and oxygen atoms in total. The second kappa shape index (κ2) is 6.10. The molecule has 108 valence electrons. The minimum absolute atomic E-state index is 0.0596. The average Bonchev–Trinajstić information content (AvgIpc) is 2.43. The first-order chi connectivity index (χ1) is 9.95. The van der Waals surface area contributed by atoms with Crippen LogP contribution in [-0.2, 0) is 0 Å². The Bertz CT molecular complexity index is 688. The zero-order valence-electron chi connectivity index (χ0n) is 10.5. The van der Waals surface area contributed by atoms with Crippen LogP contribution >= 0.6 is 11.6 Å². The number of carbonyl (C=O) groups is 1. The molecule has 0 aromatic heterocycles. The number of amides is 2. The van der Waals surface area contributed by atoms with Crippen molar-refractivity contribution in [3.8, 4) is 5.75 Å². The molecular weight excluding hydrogens is 298 g/mol. The molecule has 0 fully saturated rings. The zero-order valence-corrected chi connectivity index (χ0v) is 11.3. The molecule has 2 aromatic rings. The van der Waals surface area contributed by atoms with E-state index >= 15 is 0 Å². The molecule has 2 rings (SSSR count). The molecule has 0 heterocycles. The van der Waals surface area contributed by atoms with Crippen LogP contribution in [0.3, 0.4) is 0 Å². The standard InChI is InChI=1S/C13H10ClN3O4/c14-8-1-3-9(4-2-8)15-13(19)16-11-7-10(17(20)21)5-6-12(11)18/h1-7,18H,(H2,15,16,19). The predicted octanol–water partition coefficient (Wildman–Crippen LogP) is 3.60. The van der Waals surface area contributed by atoms with Gasteiger partial charge in [0.1, 0.15) is 5.75 Å². The number of urea groups is 1. The van der Waals surface area contributed by atoms with Crippen molar-refractivity contribution in [1.29, 1.82) is 0 Å². The van der Waals surface area contributed by atoms with Crippen LogP contribution in [0.2, 0.25) is 5.02 Å². The number of hydrogen-bond acceptors (Lipinski definition) is 4. The van der Waals surface area contributed by atoms with Crippen LogP contribution in [0.1, 0.15) is 0 Å². The quantitative estimate of drug-likeness (QED) is 0.457. The summed E-state index contributed by atoms with van der Waals surface area (Å²) in [7, 11) is 0. The Morgan fingerprint density at radius 1 is 1.14 bits per heavy atom. The van der Waals surface area contributed by atoms with Crippen LogP contribution in [0.15, 0.2) is 42.5 Å². The summed E-state index contributed by atoms with van der Waals surface area (Å²) >= 11 is 5.72. The van der Waals surface area contributed by atoms with E-state index in [2.05, 4.69) is 10.6 Å². The van der Waals surface area contributed by atoms with E-state index in [1.165, 1.54) is 0 Å². The molecule has 0 aliphatic carbocycles. The lowest BCUT2D eigenvalue weighted by Gasteiger charge is -2.09. The van der Waals surface area contributed by atoms with Gasteiger partial charge >= 0.3 is 6.03 Å². The summed E-state index contributed by atoms with van der Waals surface area (Å²) in [6.07, 6.45) is 0. The fourth-order valence-electron chi connectivity index (χ4n) is 1.56. The van der Waals surface area contributed by atoms with E-state index in [-0.39, 0.29) is 17.1 Å². The van der Waals surface area contributed by atoms with E-state index in [4.69, 9.17) is 11.6 Å². The summed E-state index contributed by atoms with van der Waals surface area (Å²) in [6, 6.07) is 9.08. The third-order valence-corrected chi connectivity index (χ3v) is 2.79. The molecule has 0 radical (unpaired) electrons. The Hall–Kier alpha value is -2.80. The molecule has 0 unspecified atom stereocenters. The first-order valence-corrected chi connectivity index (χ1v) is 6.14. The number of anilines is 2. The number of non-ortho nitro benzene ring substituents is 1. The maximum atomic E-state index is 11.8. The van der Waals surface area contributed by atoms with Crippen molar-refractivity contribution in [3.63, 3.8) is 0 Å². The topological polar surface area (TPSA) is 104 Å². The number of rotatable bonds is 3. The van der Waals surface area contributed by atoms with Crippen molar-refractivity contribution in [3.05, 3.63) is 57.6 Å². The van der Waals surface area contributed by atoms with Gasteiger partial charge in [0.15, 0.2) is 0 Å². The number of phenolic OH excluding ortho intramolecular Hbond substituents is 1. The maximum absolute atomic E-state index is 11.8. The highest BCUT2D eigenvalue weighted by molar-refractivity contribution is 6.30. The Balaban J connectivity index is 2.10. The van der Waals surface area contributed by atoms with Gasteiger partial charge in [-0.15, -0.1) is 0 Å². The monoisotopic (exact) mass is 307 g/mol. The van der Waals surface area contributed by atoms with Gasteiger partial charge in [-0.05, 0) is 30.3 Å². The molecule has 0 spiro atoms. The number of hydrogen-bond donors (Lipinski definition) is 3. The van der Waals surface area contributed by atoms with Gasteiger partial charge in [-0.2, -0.15) is 0 Å². The number of carbonyl (C=O) groups excluding carboxylic acids is 1. The molecule has 2 amide bonds. The summed E-state index contributed by atoms with van der Waals surface area (Å²) < 4.78 is 0. The lowest BCUT2D eigenvalue weighted by atomic mass is 10.2. The molecule has 0 aliphatic heterocycles. The van der Waals surface area contributed by atoms with E-state index in [9.17, 15) is 20.0 Å². The third-order valence-electron chi connectivity index (χ3n) is 2.54. The molecule has 0 aliphatic rings. The van der Waals surface area contributed by atoms with Gasteiger partial charge in [-0.25, -0.2) is 4.79 Å². The lowest BCUT2D eigenvalue weighted by Crippen LogP contribution is -2.19. The Morgan fingerprint density at radius 2 is 1.81 bits per heavy atom. The van der Waals surface area contributed by atoms with Crippen LogP contribution in [-0.4, -0.2) is 16.1 Å². The SMILES string of the molecule is O=C(Nc1ccc(Cl)cc1)Nc1cc([N+](=O)[O-])ccc1O. The zero-order chi connectivity index (χ0) is 15.4. The molecule has 21 heavy (non-hydrogen) atoms. The number of phenols is 1. The fourth-order valence-corrected chi connectivity index (χ4v) is 1.68. The number of benzene rings is 2. The molecular formula is C13H10ClN3O4. The molecule has 8 heteroatoms. The first-order valence-electron chi connectivity index (χ1n) is 5.76. The summed E-state index contributed by atoms with van der Waals surface area (Å²) in [4.78, 5) is 21.8. The maximum Gasteiger partial charge on any atom is 0.323 e. The number of nitro benzene ring substituents is 1. The van der Waals surface area contributed by atoms with Gasteiger partial charge in [0.2, 0.25) is 0 Å². The summed E-state index contributed by atoms with van der Waals surface area (Å²) in [5.41, 5.74) is 0.187. The van der Waals surface area contributed by atoms with Crippen LogP contribution in [0.4, 0.5) is 21.9 Å². The smallest absolute Gasteiger partial charge is 0.323 e. The highest BCUT2D eigenvalue weighted by Gasteiger charge is 2.12. The molecule has 0 atom stereocenters. The van der Waals surface area contributed by atoms with Crippen molar-refractivity contribution in [1.82, 2.24) is 0 Å². The predicted molar refractivity (Wildman–Crippen MR) is 78.9 cm³/mol. The Kier molecular flexibility index (Phi) is 4.24. The summed E-state index contributed by atoms with van der Waals surface area (Å²) in [6.45, 7) is 0. The third kappa shape index (κ3) is 3.83. The summed E-state index contributed by atoms with van der Waals surface area (Å²) in [5.74, 6) is -0.271. The molecule has 0 bridgehead atoms. The normalized spacial score (nSPS) is 9.95. The van der Waals surface area contributed by atoms with E-state index in [1.54, 1.807) is 24.3 Å². The largest absolute Gasteiger partial charge is 0.506 e. The highest BCUT2D eigenvalue weighted by Crippen LogP contribution is 2.27. The van der Waals surface area contributed by atoms with E-state index in [0.717, 1.165) is 18.2 Å². The van der Waals surface area contributed by atoms with Gasteiger partial charge in [0.05, 0.1) is 10.6 Å². The molecule has 0 saturated carbocycles. The number of aromatic hydroxyl groups is 1. The van der Waals surface area contributed by atoms with Crippen LogP contribution < -0.4 is 10.6 Å². The van der Waals surface area contributed by atoms with Crippen molar-refractivity contribution in [2.24, 2.45) is 0 Å². The minimum atomic E-state index is -0.645. The van der Waals surface area contributed by atoms with Crippen LogP contribution in [0.25, 0.3) is 0 Å². The van der Waals surface area contributed by atoms with Crippen molar-refractivity contribution >= 4 is 34.7 Å². The van der Waals surface area contributed by atoms with Gasteiger partial charge in [-0.3, -0.25) is 10.1 Å². The molecule has 2 aromatic carbocycles. The van der Waals surface area contributed by atoms with Crippen molar-refractivity contribution in [2.45, 2.75) is 0 Å². The minimum Gasteiger partial charge on any atom is -0.506 e. The highest BCUT2D eigenvalue weighted by atomic mass is 35.5. The van der Waals surface area contributed by atoms with Crippen LogP contribution in [0, 0.1) is 10.1 Å².